The molecule has 3 N–H and O–H groups in total. The fourth-order valence-electron chi connectivity index (χ4n) is 2.51. The normalized spacial score (nSPS) is 23.0. The smallest absolute Gasteiger partial charge is 0.226 e. The molecule has 1 aliphatic carbocycles. The lowest BCUT2D eigenvalue weighted by Crippen LogP contribution is -2.44. The molecule has 2 rings (SSSR count). The highest BCUT2D eigenvalue weighted by Gasteiger charge is 2.25. The van der Waals surface area contributed by atoms with Crippen LogP contribution in [-0.2, 0) is 11.2 Å². The zero-order valence-corrected chi connectivity index (χ0v) is 12.1. The first-order valence-corrected chi connectivity index (χ1v) is 8.00. The van der Waals surface area contributed by atoms with E-state index in [1.807, 2.05) is 17.8 Å². The van der Waals surface area contributed by atoms with E-state index in [9.17, 15) is 4.79 Å². The summed E-state index contributed by atoms with van der Waals surface area (Å²) in [4.78, 5) is 16.2. The fraction of sp³-hybridized carbons (Fsp3) is 0.571. The van der Waals surface area contributed by atoms with Gasteiger partial charge in [-0.3, -0.25) is 9.78 Å². The predicted molar refractivity (Wildman–Crippen MR) is 80.1 cm³/mol. The number of nitrogens with zero attached hydrogens (tertiary/aromatic N) is 1. The summed E-state index contributed by atoms with van der Waals surface area (Å²) in [5.74, 6) is 0.0585. The van der Waals surface area contributed by atoms with Crippen LogP contribution in [0.5, 0.6) is 0 Å². The largest absolute Gasteiger partial charge is 0.397 e. The summed E-state index contributed by atoms with van der Waals surface area (Å²) in [7, 11) is 0. The molecule has 1 aromatic heterocycles. The second-order valence-electron chi connectivity index (χ2n) is 4.99. The van der Waals surface area contributed by atoms with Crippen LogP contribution < -0.4 is 11.1 Å². The highest BCUT2D eigenvalue weighted by molar-refractivity contribution is 7.99. The Morgan fingerprint density at radius 2 is 2.26 bits per heavy atom. The van der Waals surface area contributed by atoms with Crippen molar-refractivity contribution in [3.05, 3.63) is 24.0 Å². The van der Waals surface area contributed by atoms with Crippen LogP contribution >= 0.6 is 11.8 Å². The minimum absolute atomic E-state index is 0.0585. The quantitative estimate of drug-likeness (QED) is 0.884. The summed E-state index contributed by atoms with van der Waals surface area (Å²) < 4.78 is 0. The number of thioether (sulfide) groups is 1. The van der Waals surface area contributed by atoms with Crippen LogP contribution in [0.3, 0.4) is 0 Å². The number of nitrogens with one attached hydrogen (secondary N) is 1. The average molecular weight is 279 g/mol. The molecular weight excluding hydrogens is 258 g/mol. The first-order valence-electron chi connectivity index (χ1n) is 6.71. The molecule has 1 amide bonds. The van der Waals surface area contributed by atoms with Gasteiger partial charge < -0.3 is 11.1 Å². The molecule has 0 aliphatic heterocycles. The van der Waals surface area contributed by atoms with Gasteiger partial charge in [0.1, 0.15) is 0 Å². The van der Waals surface area contributed by atoms with E-state index in [1.54, 1.807) is 12.3 Å². The Bertz CT molecular complexity index is 421. The molecule has 1 aromatic rings. The summed E-state index contributed by atoms with van der Waals surface area (Å²) >= 11 is 1.86. The molecule has 0 saturated heterocycles. The van der Waals surface area contributed by atoms with Crippen LogP contribution in [-0.4, -0.2) is 28.4 Å². The van der Waals surface area contributed by atoms with Gasteiger partial charge in [0.25, 0.3) is 0 Å². The number of carbonyl (C=O) groups is 1. The van der Waals surface area contributed by atoms with Gasteiger partial charge in [-0.1, -0.05) is 12.8 Å². The molecule has 0 aromatic carbocycles. The Kier molecular flexibility index (Phi) is 5.07. The molecule has 104 valence electrons. The summed E-state index contributed by atoms with van der Waals surface area (Å²) in [6.45, 7) is 0. The van der Waals surface area contributed by atoms with Crippen molar-refractivity contribution in [2.75, 3.05) is 12.0 Å². The number of rotatable bonds is 4. The molecular formula is C14H21N3OS. The average Bonchev–Trinajstić information content (AvgIpc) is 2.42. The molecule has 1 heterocycles. The van der Waals surface area contributed by atoms with Gasteiger partial charge in [0.2, 0.25) is 5.91 Å². The van der Waals surface area contributed by atoms with Crippen molar-refractivity contribution >= 4 is 23.4 Å². The second kappa shape index (κ2) is 6.80. The molecule has 0 spiro atoms. The highest BCUT2D eigenvalue weighted by Crippen LogP contribution is 2.27. The lowest BCUT2D eigenvalue weighted by atomic mass is 9.94. The van der Waals surface area contributed by atoms with Crippen molar-refractivity contribution in [3.63, 3.8) is 0 Å². The number of pyridine rings is 1. The number of carbonyl (C=O) groups excluding carboxylic acids is 1. The SMILES string of the molecule is CSC1CCCCC1NC(=O)Cc1ccc(N)cn1. The molecule has 5 heteroatoms. The lowest BCUT2D eigenvalue weighted by Gasteiger charge is -2.30. The topological polar surface area (TPSA) is 68.0 Å². The maximum absolute atomic E-state index is 12.0. The van der Waals surface area contributed by atoms with E-state index >= 15 is 0 Å². The third kappa shape index (κ3) is 4.13. The molecule has 1 aliphatic rings. The summed E-state index contributed by atoms with van der Waals surface area (Å²) in [6.07, 6.45) is 8.82. The molecule has 1 fully saturated rings. The maximum Gasteiger partial charge on any atom is 0.226 e. The standard InChI is InChI=1S/C14H21N3OS/c1-19-13-5-3-2-4-12(13)17-14(18)8-11-7-6-10(15)9-16-11/h6-7,9,12-13H,2-5,8,15H2,1H3,(H,17,18). The summed E-state index contributed by atoms with van der Waals surface area (Å²) in [5, 5.41) is 3.70. The molecule has 0 bridgehead atoms. The first kappa shape index (κ1) is 14.2. The van der Waals surface area contributed by atoms with E-state index in [-0.39, 0.29) is 5.91 Å². The third-order valence-corrected chi connectivity index (χ3v) is 4.71. The monoisotopic (exact) mass is 279 g/mol. The van der Waals surface area contributed by atoms with Gasteiger partial charge in [-0.25, -0.2) is 0 Å². The molecule has 2 atom stereocenters. The van der Waals surface area contributed by atoms with E-state index in [4.69, 9.17) is 5.73 Å². The van der Waals surface area contributed by atoms with Crippen LogP contribution in [0.4, 0.5) is 5.69 Å². The van der Waals surface area contributed by atoms with Gasteiger partial charge in [0.15, 0.2) is 0 Å². The second-order valence-corrected chi connectivity index (χ2v) is 6.07. The first-order chi connectivity index (χ1) is 9.19. The van der Waals surface area contributed by atoms with Gasteiger partial charge in [0, 0.05) is 17.0 Å². The summed E-state index contributed by atoms with van der Waals surface area (Å²) in [5.41, 5.74) is 6.97. The Balaban J connectivity index is 1.88. The number of aromatic nitrogens is 1. The van der Waals surface area contributed by atoms with Crippen molar-refractivity contribution in [3.8, 4) is 0 Å². The van der Waals surface area contributed by atoms with Crippen LogP contribution in [0.1, 0.15) is 31.4 Å². The zero-order chi connectivity index (χ0) is 13.7. The van der Waals surface area contributed by atoms with Gasteiger partial charge >= 0.3 is 0 Å². The number of amides is 1. The molecule has 2 unspecified atom stereocenters. The van der Waals surface area contributed by atoms with Crippen molar-refractivity contribution in [1.82, 2.24) is 10.3 Å². The zero-order valence-electron chi connectivity index (χ0n) is 11.3. The van der Waals surface area contributed by atoms with Crippen molar-refractivity contribution in [2.24, 2.45) is 0 Å². The van der Waals surface area contributed by atoms with Crippen LogP contribution in [0, 0.1) is 0 Å². The highest BCUT2D eigenvalue weighted by atomic mass is 32.2. The minimum atomic E-state index is 0.0585. The van der Waals surface area contributed by atoms with Gasteiger partial charge in [0.05, 0.1) is 18.3 Å². The molecule has 0 radical (unpaired) electrons. The third-order valence-electron chi connectivity index (χ3n) is 3.54. The minimum Gasteiger partial charge on any atom is -0.397 e. The van der Waals surface area contributed by atoms with Crippen molar-refractivity contribution in [1.29, 1.82) is 0 Å². The Morgan fingerprint density at radius 1 is 1.47 bits per heavy atom. The molecule has 4 nitrogen and oxygen atoms in total. The van der Waals surface area contributed by atoms with E-state index in [0.717, 1.165) is 12.1 Å². The van der Waals surface area contributed by atoms with Crippen molar-refractivity contribution < 1.29 is 4.79 Å². The number of nitrogens with two attached hydrogens (primary N) is 1. The number of hydrogen-bond donors (Lipinski definition) is 2. The van der Waals surface area contributed by atoms with Crippen LogP contribution in [0.15, 0.2) is 18.3 Å². The summed E-state index contributed by atoms with van der Waals surface area (Å²) in [6, 6.07) is 3.90. The maximum atomic E-state index is 12.0. The fourth-order valence-corrected chi connectivity index (χ4v) is 3.44. The Hall–Kier alpha value is -1.23. The van der Waals surface area contributed by atoms with E-state index in [1.165, 1.54) is 19.3 Å². The Morgan fingerprint density at radius 3 is 2.95 bits per heavy atom. The van der Waals surface area contributed by atoms with E-state index < -0.39 is 0 Å². The number of hydrogen-bond acceptors (Lipinski definition) is 4. The van der Waals surface area contributed by atoms with Crippen LogP contribution in [0.2, 0.25) is 0 Å². The van der Waals surface area contributed by atoms with Gasteiger partial charge in [-0.15, -0.1) is 0 Å². The van der Waals surface area contributed by atoms with Crippen molar-refractivity contribution in [2.45, 2.75) is 43.4 Å². The van der Waals surface area contributed by atoms with Gasteiger partial charge in [-0.2, -0.15) is 11.8 Å². The molecule has 19 heavy (non-hydrogen) atoms. The predicted octanol–water partition coefficient (Wildman–Crippen LogP) is 2.00. The van der Waals surface area contributed by atoms with Crippen LogP contribution in [0.25, 0.3) is 0 Å². The lowest BCUT2D eigenvalue weighted by molar-refractivity contribution is -0.121. The van der Waals surface area contributed by atoms with Gasteiger partial charge in [-0.05, 0) is 31.2 Å². The van der Waals surface area contributed by atoms with E-state index in [0.29, 0.717) is 23.4 Å². The number of nitrogen functional groups attached to an aromatic ring is 1. The Labute approximate surface area is 118 Å². The number of anilines is 1. The molecule has 1 saturated carbocycles. The van der Waals surface area contributed by atoms with E-state index in [2.05, 4.69) is 16.6 Å².